The zero-order chi connectivity index (χ0) is 16.1. The summed E-state index contributed by atoms with van der Waals surface area (Å²) in [6, 6.07) is 11.3. The largest absolute Gasteiger partial charge is 0.494 e. The normalized spacial score (nSPS) is 19.5. The number of para-hydroxylation sites is 1. The van der Waals surface area contributed by atoms with Crippen LogP contribution in [-0.4, -0.2) is 18.1 Å². The molecule has 1 saturated heterocycles. The van der Waals surface area contributed by atoms with Crippen LogP contribution in [0.3, 0.4) is 0 Å². The van der Waals surface area contributed by atoms with Gasteiger partial charge in [-0.3, -0.25) is 4.90 Å². The molecule has 0 spiro atoms. The van der Waals surface area contributed by atoms with Gasteiger partial charge in [-0.25, -0.2) is 0 Å². The van der Waals surface area contributed by atoms with Crippen LogP contribution < -0.4 is 4.74 Å². The fraction of sp³-hybridized carbons (Fsp3) is 0.500. The van der Waals surface area contributed by atoms with Crippen LogP contribution >= 0.6 is 11.3 Å². The topological polar surface area (TPSA) is 12.5 Å². The zero-order valence-corrected chi connectivity index (χ0v) is 15.1. The minimum atomic E-state index is 0.562. The van der Waals surface area contributed by atoms with Crippen molar-refractivity contribution in [1.29, 1.82) is 0 Å². The molecule has 0 aliphatic carbocycles. The summed E-state index contributed by atoms with van der Waals surface area (Å²) in [4.78, 5) is 4.23. The number of hydrogen-bond donors (Lipinski definition) is 0. The smallest absolute Gasteiger partial charge is 0.123 e. The van der Waals surface area contributed by atoms with Gasteiger partial charge >= 0.3 is 0 Å². The first-order valence-corrected chi connectivity index (χ1v) is 9.66. The van der Waals surface area contributed by atoms with E-state index >= 15 is 0 Å². The van der Waals surface area contributed by atoms with E-state index in [1.165, 1.54) is 43.4 Å². The highest BCUT2D eigenvalue weighted by atomic mass is 32.1. The zero-order valence-electron chi connectivity index (χ0n) is 14.3. The molecule has 124 valence electrons. The Kier molecular flexibility index (Phi) is 5.74. The maximum absolute atomic E-state index is 5.84. The molecule has 3 heteroatoms. The summed E-state index contributed by atoms with van der Waals surface area (Å²) in [7, 11) is 0. The maximum atomic E-state index is 5.84. The Morgan fingerprint density at radius 1 is 1.17 bits per heavy atom. The Labute approximate surface area is 144 Å². The average Bonchev–Trinajstić information content (AvgIpc) is 2.85. The van der Waals surface area contributed by atoms with Gasteiger partial charge in [-0.2, -0.15) is 0 Å². The summed E-state index contributed by atoms with van der Waals surface area (Å²) in [5.41, 5.74) is 2.76. The summed E-state index contributed by atoms with van der Waals surface area (Å²) in [6.45, 7) is 7.20. The lowest BCUT2D eigenvalue weighted by atomic mass is 10.0. The second kappa shape index (κ2) is 7.98. The third-order valence-electron chi connectivity index (χ3n) is 4.71. The van der Waals surface area contributed by atoms with E-state index < -0.39 is 0 Å². The Hall–Kier alpha value is -1.32. The van der Waals surface area contributed by atoms with Crippen LogP contribution in [0.4, 0.5) is 0 Å². The Morgan fingerprint density at radius 2 is 2.04 bits per heavy atom. The van der Waals surface area contributed by atoms with Crippen molar-refractivity contribution in [3.8, 4) is 5.75 Å². The highest BCUT2D eigenvalue weighted by Crippen LogP contribution is 2.36. The van der Waals surface area contributed by atoms with Crippen molar-refractivity contribution in [2.45, 2.75) is 52.1 Å². The molecule has 2 heterocycles. The number of thiophene rings is 1. The Bertz CT molecular complexity index is 622. The van der Waals surface area contributed by atoms with Crippen LogP contribution in [0.1, 0.15) is 54.7 Å². The second-order valence-electron chi connectivity index (χ2n) is 6.34. The number of hydrogen-bond acceptors (Lipinski definition) is 3. The van der Waals surface area contributed by atoms with Crippen molar-refractivity contribution in [1.82, 2.24) is 4.90 Å². The third kappa shape index (κ3) is 3.96. The number of likely N-dealkylation sites (tertiary alicyclic amines) is 1. The lowest BCUT2D eigenvalue weighted by Crippen LogP contribution is -2.28. The maximum Gasteiger partial charge on any atom is 0.123 e. The third-order valence-corrected chi connectivity index (χ3v) is 5.83. The molecular formula is C20H27NOS. The van der Waals surface area contributed by atoms with E-state index in [-0.39, 0.29) is 0 Å². The van der Waals surface area contributed by atoms with Crippen LogP contribution in [0, 0.1) is 6.92 Å². The van der Waals surface area contributed by atoms with Gasteiger partial charge in [-0.1, -0.05) is 31.0 Å². The van der Waals surface area contributed by atoms with Crippen LogP contribution in [0.2, 0.25) is 0 Å². The van der Waals surface area contributed by atoms with Gasteiger partial charge < -0.3 is 4.74 Å². The molecule has 2 nitrogen and oxygen atoms in total. The van der Waals surface area contributed by atoms with Crippen LogP contribution in [0.15, 0.2) is 35.7 Å². The highest BCUT2D eigenvalue weighted by Gasteiger charge is 2.25. The summed E-state index contributed by atoms with van der Waals surface area (Å²) < 4.78 is 5.84. The van der Waals surface area contributed by atoms with E-state index in [0.29, 0.717) is 6.04 Å². The summed E-state index contributed by atoms with van der Waals surface area (Å²) >= 11 is 1.92. The first-order valence-electron chi connectivity index (χ1n) is 8.78. The van der Waals surface area contributed by atoms with Gasteiger partial charge in [-0.05, 0) is 56.3 Å². The van der Waals surface area contributed by atoms with Crippen molar-refractivity contribution in [3.05, 3.63) is 51.7 Å². The molecule has 1 fully saturated rings. The van der Waals surface area contributed by atoms with Crippen molar-refractivity contribution in [2.75, 3.05) is 13.2 Å². The molecule has 1 aromatic heterocycles. The van der Waals surface area contributed by atoms with Gasteiger partial charge in [0.25, 0.3) is 0 Å². The van der Waals surface area contributed by atoms with Crippen molar-refractivity contribution < 1.29 is 4.74 Å². The van der Waals surface area contributed by atoms with E-state index in [2.05, 4.69) is 54.5 Å². The quantitative estimate of drug-likeness (QED) is 0.711. The van der Waals surface area contributed by atoms with Crippen molar-refractivity contribution in [3.63, 3.8) is 0 Å². The highest BCUT2D eigenvalue weighted by molar-refractivity contribution is 7.10. The van der Waals surface area contributed by atoms with Gasteiger partial charge in [-0.15, -0.1) is 11.3 Å². The predicted octanol–water partition coefficient (Wildman–Crippen LogP) is 5.57. The van der Waals surface area contributed by atoms with Gasteiger partial charge in [0.2, 0.25) is 0 Å². The molecule has 1 aromatic carbocycles. The number of rotatable bonds is 5. The molecule has 0 N–H and O–H groups in total. The van der Waals surface area contributed by atoms with Gasteiger partial charge in [0.1, 0.15) is 5.75 Å². The molecule has 0 bridgehead atoms. The molecule has 3 rings (SSSR count). The predicted molar refractivity (Wildman–Crippen MR) is 98.3 cm³/mol. The SMILES string of the molecule is CCOc1ccccc1CN1CCCCC[C@@H]1c1sccc1C. The molecule has 0 amide bonds. The molecule has 1 atom stereocenters. The standard InChI is InChI=1S/C20H27NOS/c1-3-22-19-11-7-6-9-17(19)15-21-13-8-4-5-10-18(21)20-16(2)12-14-23-20/h6-7,9,11-12,14,18H,3-5,8,10,13,15H2,1-2H3/t18-/m1/s1. The van der Waals surface area contributed by atoms with Crippen LogP contribution in [0.5, 0.6) is 5.75 Å². The second-order valence-corrected chi connectivity index (χ2v) is 7.29. The average molecular weight is 330 g/mol. The molecule has 0 radical (unpaired) electrons. The number of benzene rings is 1. The molecule has 0 unspecified atom stereocenters. The Morgan fingerprint density at radius 3 is 2.83 bits per heavy atom. The molecule has 1 aliphatic heterocycles. The fourth-order valence-electron chi connectivity index (χ4n) is 3.53. The lowest BCUT2D eigenvalue weighted by molar-refractivity contribution is 0.191. The Balaban J connectivity index is 1.85. The summed E-state index contributed by atoms with van der Waals surface area (Å²) in [5, 5.41) is 2.24. The van der Waals surface area contributed by atoms with Gasteiger partial charge in [0, 0.05) is 23.0 Å². The molecule has 2 aromatic rings. The molecule has 1 aliphatic rings. The van der Waals surface area contributed by atoms with E-state index in [0.717, 1.165) is 18.9 Å². The van der Waals surface area contributed by atoms with E-state index in [9.17, 15) is 0 Å². The number of nitrogens with zero attached hydrogens (tertiary/aromatic N) is 1. The van der Waals surface area contributed by atoms with Gasteiger partial charge in [0.05, 0.1) is 6.61 Å². The minimum absolute atomic E-state index is 0.562. The van der Waals surface area contributed by atoms with E-state index in [1.807, 2.05) is 11.3 Å². The van der Waals surface area contributed by atoms with Crippen molar-refractivity contribution >= 4 is 11.3 Å². The molecular weight excluding hydrogens is 302 g/mol. The minimum Gasteiger partial charge on any atom is -0.494 e. The van der Waals surface area contributed by atoms with Gasteiger partial charge in [0.15, 0.2) is 0 Å². The fourth-order valence-corrected chi connectivity index (χ4v) is 4.63. The molecule has 23 heavy (non-hydrogen) atoms. The van der Waals surface area contributed by atoms with Crippen LogP contribution in [-0.2, 0) is 6.54 Å². The molecule has 0 saturated carbocycles. The van der Waals surface area contributed by atoms with Crippen molar-refractivity contribution in [2.24, 2.45) is 0 Å². The first-order chi connectivity index (χ1) is 11.3. The van der Waals surface area contributed by atoms with E-state index in [4.69, 9.17) is 4.74 Å². The lowest BCUT2D eigenvalue weighted by Gasteiger charge is -2.30. The van der Waals surface area contributed by atoms with Crippen LogP contribution in [0.25, 0.3) is 0 Å². The number of aryl methyl sites for hydroxylation is 1. The monoisotopic (exact) mass is 329 g/mol. The summed E-state index contributed by atoms with van der Waals surface area (Å²) in [6.07, 6.45) is 5.27. The summed E-state index contributed by atoms with van der Waals surface area (Å²) in [5.74, 6) is 1.04. The number of ether oxygens (including phenoxy) is 1. The van der Waals surface area contributed by atoms with E-state index in [1.54, 1.807) is 4.88 Å². The first kappa shape index (κ1) is 16.5.